The van der Waals surface area contributed by atoms with Crippen molar-refractivity contribution in [3.05, 3.63) is 35.3 Å². The first-order chi connectivity index (χ1) is 9.22. The van der Waals surface area contributed by atoms with E-state index in [0.29, 0.717) is 0 Å². The Balaban J connectivity index is 1.70. The van der Waals surface area contributed by atoms with Gasteiger partial charge in [0, 0.05) is 43.3 Å². The number of benzene rings is 1. The fraction of sp³-hybridized carbons (Fsp3) is 0.400. The van der Waals surface area contributed by atoms with Crippen LogP contribution in [0.15, 0.2) is 29.6 Å². The van der Waals surface area contributed by atoms with Gasteiger partial charge < -0.3 is 10.2 Å². The molecule has 1 aliphatic carbocycles. The van der Waals surface area contributed by atoms with Gasteiger partial charge in [0.05, 0.1) is 5.69 Å². The fourth-order valence-electron chi connectivity index (χ4n) is 1.96. The zero-order chi connectivity index (χ0) is 13.2. The molecule has 0 aliphatic heterocycles. The van der Waals surface area contributed by atoms with Crippen molar-refractivity contribution in [1.29, 1.82) is 0 Å². The highest BCUT2D eigenvalue weighted by Gasteiger charge is 2.20. The summed E-state index contributed by atoms with van der Waals surface area (Å²) in [5, 5.41) is 6.77. The molecule has 3 nitrogen and oxygen atoms in total. The molecular weight excluding hydrogens is 254 g/mol. The second-order valence-electron chi connectivity index (χ2n) is 5.24. The summed E-state index contributed by atoms with van der Waals surface area (Å²) in [6.45, 7) is 0.900. The lowest BCUT2D eigenvalue weighted by atomic mass is 10.2. The first-order valence-electron chi connectivity index (χ1n) is 6.68. The van der Waals surface area contributed by atoms with E-state index in [4.69, 9.17) is 4.98 Å². The lowest BCUT2D eigenvalue weighted by Crippen LogP contribution is -2.15. The van der Waals surface area contributed by atoms with Crippen molar-refractivity contribution in [3.63, 3.8) is 0 Å². The molecule has 1 aromatic carbocycles. The van der Waals surface area contributed by atoms with Crippen molar-refractivity contribution < 1.29 is 0 Å². The van der Waals surface area contributed by atoms with Gasteiger partial charge in [-0.15, -0.1) is 11.3 Å². The molecule has 1 fully saturated rings. The molecule has 1 N–H and O–H groups in total. The summed E-state index contributed by atoms with van der Waals surface area (Å²) in [6, 6.07) is 9.31. The molecule has 1 aliphatic rings. The molecule has 0 bridgehead atoms. The topological polar surface area (TPSA) is 28.2 Å². The van der Waals surface area contributed by atoms with Crippen LogP contribution in [0.25, 0.3) is 10.6 Å². The molecule has 0 amide bonds. The van der Waals surface area contributed by atoms with Crippen LogP contribution in [0.5, 0.6) is 0 Å². The summed E-state index contributed by atoms with van der Waals surface area (Å²) in [5.74, 6) is 0. The lowest BCUT2D eigenvalue weighted by Gasteiger charge is -2.11. The van der Waals surface area contributed by atoms with Gasteiger partial charge in [-0.25, -0.2) is 4.98 Å². The number of rotatable bonds is 5. The van der Waals surface area contributed by atoms with Gasteiger partial charge in [-0.2, -0.15) is 0 Å². The number of aromatic nitrogens is 1. The minimum Gasteiger partial charge on any atom is -0.378 e. The second kappa shape index (κ2) is 5.31. The molecule has 1 saturated carbocycles. The number of nitrogens with zero attached hydrogens (tertiary/aromatic N) is 2. The predicted molar refractivity (Wildman–Crippen MR) is 81.7 cm³/mol. The van der Waals surface area contributed by atoms with Crippen LogP contribution in [0.2, 0.25) is 0 Å². The van der Waals surface area contributed by atoms with Gasteiger partial charge >= 0.3 is 0 Å². The molecular formula is C15H19N3S. The molecule has 0 unspecified atom stereocenters. The van der Waals surface area contributed by atoms with E-state index in [-0.39, 0.29) is 0 Å². The van der Waals surface area contributed by atoms with Crippen molar-refractivity contribution in [1.82, 2.24) is 10.3 Å². The summed E-state index contributed by atoms with van der Waals surface area (Å²) in [5.41, 5.74) is 3.58. The highest BCUT2D eigenvalue weighted by atomic mass is 32.1. The Morgan fingerprint density at radius 3 is 2.63 bits per heavy atom. The van der Waals surface area contributed by atoms with Crippen LogP contribution in [-0.2, 0) is 6.54 Å². The van der Waals surface area contributed by atoms with Crippen LogP contribution in [0, 0.1) is 0 Å². The van der Waals surface area contributed by atoms with Gasteiger partial charge in [0.25, 0.3) is 0 Å². The average Bonchev–Trinajstić information content (AvgIpc) is 3.13. The summed E-state index contributed by atoms with van der Waals surface area (Å²) in [7, 11) is 4.11. The van der Waals surface area contributed by atoms with Gasteiger partial charge in [0.2, 0.25) is 0 Å². The molecule has 4 heteroatoms. The Labute approximate surface area is 118 Å². The van der Waals surface area contributed by atoms with E-state index in [2.05, 4.69) is 54.0 Å². The van der Waals surface area contributed by atoms with Crippen molar-refractivity contribution in [2.24, 2.45) is 0 Å². The van der Waals surface area contributed by atoms with Crippen LogP contribution >= 0.6 is 11.3 Å². The third-order valence-electron chi connectivity index (χ3n) is 3.33. The Morgan fingerprint density at radius 1 is 1.26 bits per heavy atom. The van der Waals surface area contributed by atoms with E-state index in [1.807, 2.05) is 0 Å². The number of hydrogen-bond donors (Lipinski definition) is 1. The zero-order valence-electron chi connectivity index (χ0n) is 11.4. The molecule has 0 radical (unpaired) electrons. The summed E-state index contributed by atoms with van der Waals surface area (Å²) < 4.78 is 0. The van der Waals surface area contributed by atoms with Gasteiger partial charge in [-0.1, -0.05) is 0 Å². The maximum absolute atomic E-state index is 4.70. The highest BCUT2D eigenvalue weighted by molar-refractivity contribution is 7.13. The number of hydrogen-bond acceptors (Lipinski definition) is 4. The Morgan fingerprint density at radius 2 is 2.00 bits per heavy atom. The van der Waals surface area contributed by atoms with Crippen LogP contribution in [0.4, 0.5) is 5.69 Å². The van der Waals surface area contributed by atoms with Crippen LogP contribution in [-0.4, -0.2) is 25.1 Å². The molecule has 100 valence electrons. The minimum absolute atomic E-state index is 0.740. The van der Waals surface area contributed by atoms with Crippen LogP contribution in [0.1, 0.15) is 18.5 Å². The molecule has 0 spiro atoms. The van der Waals surface area contributed by atoms with Crippen LogP contribution < -0.4 is 10.2 Å². The highest BCUT2D eigenvalue weighted by Crippen LogP contribution is 2.26. The van der Waals surface area contributed by atoms with Gasteiger partial charge in [-0.3, -0.25) is 0 Å². The van der Waals surface area contributed by atoms with Crippen LogP contribution in [0.3, 0.4) is 0 Å². The maximum Gasteiger partial charge on any atom is 0.123 e. The summed E-state index contributed by atoms with van der Waals surface area (Å²) >= 11 is 1.72. The van der Waals surface area contributed by atoms with E-state index in [0.717, 1.165) is 23.3 Å². The Hall–Kier alpha value is -1.39. The van der Waals surface area contributed by atoms with E-state index in [1.54, 1.807) is 11.3 Å². The molecule has 0 atom stereocenters. The monoisotopic (exact) mass is 273 g/mol. The van der Waals surface area contributed by atoms with E-state index < -0.39 is 0 Å². The zero-order valence-corrected chi connectivity index (χ0v) is 12.2. The Kier molecular flexibility index (Phi) is 3.53. The Bertz CT molecular complexity index is 541. The largest absolute Gasteiger partial charge is 0.378 e. The second-order valence-corrected chi connectivity index (χ2v) is 6.10. The van der Waals surface area contributed by atoms with Crippen molar-refractivity contribution >= 4 is 17.0 Å². The van der Waals surface area contributed by atoms with E-state index in [1.165, 1.54) is 24.1 Å². The first-order valence-corrected chi connectivity index (χ1v) is 7.56. The number of anilines is 1. The van der Waals surface area contributed by atoms with Gasteiger partial charge in [0.1, 0.15) is 5.01 Å². The van der Waals surface area contributed by atoms with E-state index >= 15 is 0 Å². The standard InChI is InChI=1S/C15H19N3S/c1-18(2)14-7-3-11(4-8-14)15-17-13(10-19-15)9-16-12-5-6-12/h3-4,7-8,10,12,16H,5-6,9H2,1-2H3. The minimum atomic E-state index is 0.740. The summed E-state index contributed by atoms with van der Waals surface area (Å²) in [4.78, 5) is 6.80. The molecule has 1 heterocycles. The molecule has 0 saturated heterocycles. The smallest absolute Gasteiger partial charge is 0.123 e. The number of thiazole rings is 1. The van der Waals surface area contributed by atoms with Gasteiger partial charge in [0.15, 0.2) is 0 Å². The third kappa shape index (κ3) is 3.14. The first kappa shape index (κ1) is 12.6. The average molecular weight is 273 g/mol. The van der Waals surface area contributed by atoms with Gasteiger partial charge in [-0.05, 0) is 37.1 Å². The molecule has 2 aromatic rings. The quantitative estimate of drug-likeness (QED) is 0.907. The summed E-state index contributed by atoms with van der Waals surface area (Å²) in [6.07, 6.45) is 2.64. The molecule has 3 rings (SSSR count). The maximum atomic E-state index is 4.70. The third-order valence-corrected chi connectivity index (χ3v) is 4.27. The molecule has 19 heavy (non-hydrogen) atoms. The molecule has 1 aromatic heterocycles. The van der Waals surface area contributed by atoms with E-state index in [9.17, 15) is 0 Å². The lowest BCUT2D eigenvalue weighted by molar-refractivity contribution is 0.678. The normalized spacial score (nSPS) is 14.6. The fourth-order valence-corrected chi connectivity index (χ4v) is 2.79. The van der Waals surface area contributed by atoms with Crippen molar-refractivity contribution in [2.45, 2.75) is 25.4 Å². The SMILES string of the molecule is CN(C)c1ccc(-c2nc(CNC3CC3)cs2)cc1. The predicted octanol–water partition coefficient (Wildman–Crippen LogP) is 3.13. The number of nitrogens with one attached hydrogen (secondary N) is 1. The van der Waals surface area contributed by atoms with Crippen molar-refractivity contribution in [3.8, 4) is 10.6 Å². The van der Waals surface area contributed by atoms with Crippen molar-refractivity contribution in [2.75, 3.05) is 19.0 Å².